The summed E-state index contributed by atoms with van der Waals surface area (Å²) in [6.45, 7) is 4.27. The normalized spacial score (nSPS) is 14.8. The molecule has 3 nitrogen and oxygen atoms in total. The van der Waals surface area contributed by atoms with Crippen molar-refractivity contribution in [2.45, 2.75) is 49.8 Å². The molecular formula is C13H19N3S. The number of nitrogens with zero attached hydrogens (tertiary/aromatic N) is 1. The molecule has 0 spiro atoms. The van der Waals surface area contributed by atoms with Crippen LogP contribution in [-0.4, -0.2) is 16.1 Å². The monoisotopic (exact) mass is 249 g/mol. The highest BCUT2D eigenvalue weighted by atomic mass is 32.2. The van der Waals surface area contributed by atoms with Crippen molar-refractivity contribution in [2.75, 3.05) is 0 Å². The largest absolute Gasteiger partial charge is 0.384 e. The van der Waals surface area contributed by atoms with Crippen LogP contribution in [0.25, 0.3) is 0 Å². The molecule has 1 aliphatic rings. The van der Waals surface area contributed by atoms with Crippen LogP contribution < -0.4 is 5.73 Å². The third-order valence-electron chi connectivity index (χ3n) is 2.90. The van der Waals surface area contributed by atoms with Gasteiger partial charge in [-0.2, -0.15) is 0 Å². The minimum absolute atomic E-state index is 0.133. The summed E-state index contributed by atoms with van der Waals surface area (Å²) >= 11 is 1.69. The highest BCUT2D eigenvalue weighted by Gasteiger charge is 2.17. The number of aromatic nitrogens is 1. The molecule has 0 amide bonds. The Balaban J connectivity index is 2.44. The molecule has 0 unspecified atom stereocenters. The lowest BCUT2D eigenvalue weighted by molar-refractivity contribution is 0.660. The van der Waals surface area contributed by atoms with Gasteiger partial charge in [-0.3, -0.25) is 5.41 Å². The molecule has 0 aliphatic heterocycles. The summed E-state index contributed by atoms with van der Waals surface area (Å²) in [6, 6.07) is 2.08. The van der Waals surface area contributed by atoms with Crippen LogP contribution >= 0.6 is 11.8 Å². The fourth-order valence-electron chi connectivity index (χ4n) is 2.12. The number of thioether (sulfide) groups is 1. The first-order valence-corrected chi connectivity index (χ1v) is 6.99. The predicted octanol–water partition coefficient (Wildman–Crippen LogP) is 2.74. The van der Waals surface area contributed by atoms with E-state index < -0.39 is 0 Å². The fourth-order valence-corrected chi connectivity index (χ4v) is 3.03. The third kappa shape index (κ3) is 2.80. The third-order valence-corrected chi connectivity index (χ3v) is 3.91. The molecule has 1 aliphatic carbocycles. The van der Waals surface area contributed by atoms with E-state index in [1.165, 1.54) is 24.1 Å². The Labute approximate surface area is 107 Å². The van der Waals surface area contributed by atoms with Crippen molar-refractivity contribution in [3.63, 3.8) is 0 Å². The summed E-state index contributed by atoms with van der Waals surface area (Å²) < 4.78 is 0. The van der Waals surface area contributed by atoms with Crippen molar-refractivity contribution in [3.05, 3.63) is 22.9 Å². The molecule has 0 atom stereocenters. The Hall–Kier alpha value is -1.03. The van der Waals surface area contributed by atoms with Gasteiger partial charge in [0.2, 0.25) is 0 Å². The van der Waals surface area contributed by atoms with Crippen LogP contribution in [-0.2, 0) is 12.8 Å². The van der Waals surface area contributed by atoms with Crippen molar-refractivity contribution in [1.29, 1.82) is 5.41 Å². The molecule has 0 saturated carbocycles. The van der Waals surface area contributed by atoms with Crippen molar-refractivity contribution in [3.8, 4) is 0 Å². The van der Waals surface area contributed by atoms with Gasteiger partial charge in [0.25, 0.3) is 0 Å². The Kier molecular flexibility index (Phi) is 3.72. The zero-order valence-electron chi connectivity index (χ0n) is 10.4. The molecule has 0 saturated heterocycles. The van der Waals surface area contributed by atoms with E-state index in [1.807, 2.05) is 0 Å². The Morgan fingerprint density at radius 3 is 2.76 bits per heavy atom. The Bertz CT molecular complexity index is 441. The first-order chi connectivity index (χ1) is 8.08. The second kappa shape index (κ2) is 5.08. The lowest BCUT2D eigenvalue weighted by atomic mass is 9.95. The van der Waals surface area contributed by atoms with Crippen molar-refractivity contribution in [1.82, 2.24) is 4.98 Å². The van der Waals surface area contributed by atoms with Crippen LogP contribution in [0.2, 0.25) is 0 Å². The molecule has 0 bridgehead atoms. The fraction of sp³-hybridized carbons (Fsp3) is 0.538. The second-order valence-electron chi connectivity index (χ2n) is 4.73. The summed E-state index contributed by atoms with van der Waals surface area (Å²) in [4.78, 5) is 4.72. The van der Waals surface area contributed by atoms with Gasteiger partial charge in [0.1, 0.15) is 10.9 Å². The second-order valence-corrected chi connectivity index (χ2v) is 6.30. The number of hydrogen-bond donors (Lipinski definition) is 2. The van der Waals surface area contributed by atoms with E-state index in [9.17, 15) is 0 Å². The zero-order chi connectivity index (χ0) is 12.4. The molecule has 0 fully saturated rings. The van der Waals surface area contributed by atoms with Crippen molar-refractivity contribution < 1.29 is 0 Å². The SMILES string of the molecule is CC(C)Sc1nc2c(cc1C(=N)N)CCCC2. The number of rotatable bonds is 3. The predicted molar refractivity (Wildman–Crippen MR) is 72.9 cm³/mol. The first kappa shape index (κ1) is 12.4. The molecule has 3 N–H and O–H groups in total. The van der Waals surface area contributed by atoms with Gasteiger partial charge in [-0.15, -0.1) is 11.8 Å². The molecule has 2 rings (SSSR count). The molecule has 17 heavy (non-hydrogen) atoms. The van der Waals surface area contributed by atoms with E-state index in [1.54, 1.807) is 11.8 Å². The van der Waals surface area contributed by atoms with E-state index in [-0.39, 0.29) is 5.84 Å². The van der Waals surface area contributed by atoms with E-state index in [0.29, 0.717) is 5.25 Å². The summed E-state index contributed by atoms with van der Waals surface area (Å²) in [5, 5.41) is 9.05. The molecule has 0 aromatic carbocycles. The van der Waals surface area contributed by atoms with Crippen LogP contribution in [0, 0.1) is 5.41 Å². The maximum absolute atomic E-state index is 7.66. The van der Waals surface area contributed by atoms with Gasteiger partial charge in [0.05, 0.1) is 0 Å². The van der Waals surface area contributed by atoms with Gasteiger partial charge in [-0.05, 0) is 37.3 Å². The zero-order valence-corrected chi connectivity index (χ0v) is 11.2. The van der Waals surface area contributed by atoms with E-state index in [2.05, 4.69) is 19.9 Å². The van der Waals surface area contributed by atoms with Gasteiger partial charge in [0.15, 0.2) is 0 Å². The Morgan fingerprint density at radius 1 is 1.41 bits per heavy atom. The molecule has 92 valence electrons. The summed E-state index contributed by atoms with van der Waals surface area (Å²) in [5.74, 6) is 0.133. The van der Waals surface area contributed by atoms with Gasteiger partial charge >= 0.3 is 0 Å². The molecule has 1 heterocycles. The van der Waals surface area contributed by atoms with Gasteiger partial charge < -0.3 is 5.73 Å². The lowest BCUT2D eigenvalue weighted by Gasteiger charge is -2.18. The highest BCUT2D eigenvalue weighted by Crippen LogP contribution is 2.29. The Morgan fingerprint density at radius 2 is 2.12 bits per heavy atom. The van der Waals surface area contributed by atoms with Crippen molar-refractivity contribution in [2.24, 2.45) is 5.73 Å². The smallest absolute Gasteiger partial charge is 0.125 e. The minimum Gasteiger partial charge on any atom is -0.384 e. The number of amidine groups is 1. The first-order valence-electron chi connectivity index (χ1n) is 6.11. The maximum Gasteiger partial charge on any atom is 0.125 e. The average molecular weight is 249 g/mol. The standard InChI is InChI=1S/C13H19N3S/c1-8(2)17-13-10(12(14)15)7-9-5-3-4-6-11(9)16-13/h7-8H,3-6H2,1-2H3,(H3,14,15). The van der Waals surface area contributed by atoms with Gasteiger partial charge in [-0.25, -0.2) is 4.98 Å². The van der Waals surface area contributed by atoms with Crippen LogP contribution in [0.3, 0.4) is 0 Å². The molecule has 1 aromatic rings. The molecule has 1 aromatic heterocycles. The topological polar surface area (TPSA) is 62.8 Å². The summed E-state index contributed by atoms with van der Waals surface area (Å²) in [7, 11) is 0. The molecule has 0 radical (unpaired) electrons. The maximum atomic E-state index is 7.66. The highest BCUT2D eigenvalue weighted by molar-refractivity contribution is 7.99. The number of hydrogen-bond acceptors (Lipinski definition) is 3. The van der Waals surface area contributed by atoms with Crippen LogP contribution in [0.5, 0.6) is 0 Å². The molecular weight excluding hydrogens is 230 g/mol. The van der Waals surface area contributed by atoms with E-state index in [4.69, 9.17) is 16.1 Å². The summed E-state index contributed by atoms with van der Waals surface area (Å²) in [5.41, 5.74) is 8.96. The van der Waals surface area contributed by atoms with Gasteiger partial charge in [-0.1, -0.05) is 13.8 Å². The molecule has 4 heteroatoms. The minimum atomic E-state index is 0.133. The average Bonchev–Trinajstić information content (AvgIpc) is 2.27. The van der Waals surface area contributed by atoms with Crippen LogP contribution in [0.15, 0.2) is 11.1 Å². The van der Waals surface area contributed by atoms with E-state index in [0.717, 1.165) is 23.4 Å². The van der Waals surface area contributed by atoms with Crippen molar-refractivity contribution >= 4 is 17.6 Å². The lowest BCUT2D eigenvalue weighted by Crippen LogP contribution is -2.17. The number of nitrogen functional groups attached to an aromatic ring is 1. The summed E-state index contributed by atoms with van der Waals surface area (Å²) in [6.07, 6.45) is 4.60. The van der Waals surface area contributed by atoms with Crippen LogP contribution in [0.1, 0.15) is 43.5 Å². The number of pyridine rings is 1. The number of fused-ring (bicyclic) bond motifs is 1. The quantitative estimate of drug-likeness (QED) is 0.492. The number of nitrogens with one attached hydrogen (secondary N) is 1. The number of aryl methyl sites for hydroxylation is 2. The van der Waals surface area contributed by atoms with Gasteiger partial charge in [0, 0.05) is 16.5 Å². The van der Waals surface area contributed by atoms with E-state index >= 15 is 0 Å². The van der Waals surface area contributed by atoms with Crippen LogP contribution in [0.4, 0.5) is 0 Å². The number of nitrogens with two attached hydrogens (primary N) is 1.